The van der Waals surface area contributed by atoms with Gasteiger partial charge < -0.3 is 9.47 Å². The maximum Gasteiger partial charge on any atom is 0.184 e. The molecule has 0 aliphatic carbocycles. The predicted molar refractivity (Wildman–Crippen MR) is 35.2 cm³/mol. The summed E-state index contributed by atoms with van der Waals surface area (Å²) in [4.78, 5) is 0. The third-order valence-electron chi connectivity index (χ3n) is 1.13. The van der Waals surface area contributed by atoms with Crippen molar-refractivity contribution in [1.29, 1.82) is 0 Å². The lowest BCUT2D eigenvalue weighted by Crippen LogP contribution is -2.21. The Kier molecular flexibility index (Phi) is 1.53. The van der Waals surface area contributed by atoms with Gasteiger partial charge in [-0.25, -0.2) is 0 Å². The molecule has 1 heterocycles. The van der Waals surface area contributed by atoms with Gasteiger partial charge in [-0.1, -0.05) is 0 Å². The van der Waals surface area contributed by atoms with Crippen LogP contribution in [0.2, 0.25) is 0 Å². The van der Waals surface area contributed by atoms with Crippen LogP contribution in [0.25, 0.3) is 0 Å². The van der Waals surface area contributed by atoms with Gasteiger partial charge in [-0.15, -0.1) is 0 Å². The van der Waals surface area contributed by atoms with E-state index in [1.807, 2.05) is 27.7 Å². The average Bonchev–Trinajstić information content (AvgIpc) is 2.13. The maximum absolute atomic E-state index is 5.44. The molecule has 2 unspecified atom stereocenters. The van der Waals surface area contributed by atoms with E-state index in [0.717, 1.165) is 0 Å². The summed E-state index contributed by atoms with van der Waals surface area (Å²) in [5.41, 5.74) is -0.0601. The highest BCUT2D eigenvalue weighted by Gasteiger charge is 2.38. The van der Waals surface area contributed by atoms with Crippen LogP contribution in [-0.2, 0) is 9.47 Å². The van der Waals surface area contributed by atoms with Crippen molar-refractivity contribution in [2.75, 3.05) is 0 Å². The molecule has 0 spiro atoms. The Hall–Kier alpha value is -0.0800. The number of hydrogen-bond acceptors (Lipinski definition) is 2. The molecule has 0 amide bonds. The lowest BCUT2D eigenvalue weighted by molar-refractivity contribution is -0.0569. The van der Waals surface area contributed by atoms with Crippen molar-refractivity contribution in [3.63, 3.8) is 0 Å². The molecule has 1 saturated heterocycles. The van der Waals surface area contributed by atoms with Crippen molar-refractivity contribution >= 4 is 0 Å². The van der Waals surface area contributed by atoms with Gasteiger partial charge in [0.2, 0.25) is 0 Å². The van der Waals surface area contributed by atoms with Crippen LogP contribution in [0.3, 0.4) is 0 Å². The molecule has 0 saturated carbocycles. The van der Waals surface area contributed by atoms with Crippen LogP contribution in [-0.4, -0.2) is 18.0 Å². The van der Waals surface area contributed by atoms with Crippen LogP contribution >= 0.6 is 0 Å². The van der Waals surface area contributed by atoms with Gasteiger partial charge in [0.05, 0.1) is 5.60 Å². The molecule has 2 nitrogen and oxygen atoms in total. The number of ether oxygens (including phenoxy) is 2. The Morgan fingerprint density at radius 2 is 1.78 bits per heavy atom. The fourth-order valence-corrected chi connectivity index (χ4v) is 0.638. The van der Waals surface area contributed by atoms with Crippen molar-refractivity contribution in [3.05, 3.63) is 0 Å². The maximum atomic E-state index is 5.44. The van der Waals surface area contributed by atoms with E-state index in [0.29, 0.717) is 6.10 Å². The minimum absolute atomic E-state index is 0.0601. The zero-order valence-electron chi connectivity index (χ0n) is 6.47. The largest absolute Gasteiger partial charge is 0.344 e. The second-order valence-corrected chi connectivity index (χ2v) is 3.44. The molecule has 0 aromatic rings. The van der Waals surface area contributed by atoms with E-state index in [2.05, 4.69) is 0 Å². The van der Waals surface area contributed by atoms with Gasteiger partial charge in [-0.05, 0) is 27.7 Å². The Bertz CT molecular complexity index is 104. The van der Waals surface area contributed by atoms with Crippen molar-refractivity contribution in [3.8, 4) is 0 Å². The molecule has 2 heteroatoms. The van der Waals surface area contributed by atoms with Gasteiger partial charge in [0.1, 0.15) is 6.10 Å². The van der Waals surface area contributed by atoms with Crippen molar-refractivity contribution in [2.45, 2.75) is 45.7 Å². The van der Waals surface area contributed by atoms with E-state index in [9.17, 15) is 0 Å². The summed E-state index contributed by atoms with van der Waals surface area (Å²) in [6, 6.07) is 0. The molecular formula is C7H14O2. The van der Waals surface area contributed by atoms with Crippen molar-refractivity contribution in [2.24, 2.45) is 0 Å². The van der Waals surface area contributed by atoms with Gasteiger partial charge in [-0.3, -0.25) is 0 Å². The SMILES string of the molecule is CC1OC1OC(C)(C)C. The molecule has 0 bridgehead atoms. The second-order valence-electron chi connectivity index (χ2n) is 3.44. The minimum atomic E-state index is -0.0601. The van der Waals surface area contributed by atoms with E-state index in [-0.39, 0.29) is 11.9 Å². The standard InChI is InChI=1S/C7H14O2/c1-5-6(8-5)9-7(2,3)4/h5-6H,1-4H3. The first-order chi connectivity index (χ1) is 3.99. The highest BCUT2D eigenvalue weighted by atomic mass is 16.8. The molecule has 54 valence electrons. The van der Waals surface area contributed by atoms with Crippen LogP contribution < -0.4 is 0 Å². The summed E-state index contributed by atoms with van der Waals surface area (Å²) in [6.07, 6.45) is 0.370. The normalized spacial score (nSPS) is 34.7. The van der Waals surface area contributed by atoms with Crippen LogP contribution in [0.4, 0.5) is 0 Å². The van der Waals surface area contributed by atoms with Gasteiger partial charge in [-0.2, -0.15) is 0 Å². The number of epoxide rings is 1. The molecule has 9 heavy (non-hydrogen) atoms. The van der Waals surface area contributed by atoms with Crippen molar-refractivity contribution < 1.29 is 9.47 Å². The summed E-state index contributed by atoms with van der Waals surface area (Å²) in [6.45, 7) is 8.10. The zero-order valence-corrected chi connectivity index (χ0v) is 6.47. The summed E-state index contributed by atoms with van der Waals surface area (Å²) in [5, 5.41) is 0. The Morgan fingerprint density at radius 3 is 1.89 bits per heavy atom. The fraction of sp³-hybridized carbons (Fsp3) is 1.00. The van der Waals surface area contributed by atoms with Crippen LogP contribution in [0.15, 0.2) is 0 Å². The first-order valence-corrected chi connectivity index (χ1v) is 3.32. The molecule has 0 aromatic carbocycles. The third kappa shape index (κ3) is 2.33. The Morgan fingerprint density at radius 1 is 1.33 bits per heavy atom. The predicted octanol–water partition coefficient (Wildman–Crippen LogP) is 1.55. The summed E-state index contributed by atoms with van der Waals surface area (Å²) in [5.74, 6) is 0. The molecule has 1 fully saturated rings. The molecular weight excluding hydrogens is 116 g/mol. The van der Waals surface area contributed by atoms with E-state index < -0.39 is 0 Å². The lowest BCUT2D eigenvalue weighted by atomic mass is 10.2. The van der Waals surface area contributed by atoms with E-state index in [1.54, 1.807) is 0 Å². The van der Waals surface area contributed by atoms with Crippen molar-refractivity contribution in [1.82, 2.24) is 0 Å². The highest BCUT2D eigenvalue weighted by molar-refractivity contribution is 4.74. The monoisotopic (exact) mass is 130 g/mol. The molecule has 1 aliphatic rings. The van der Waals surface area contributed by atoms with E-state index >= 15 is 0 Å². The first-order valence-electron chi connectivity index (χ1n) is 3.32. The Balaban J connectivity index is 2.19. The molecule has 1 aliphatic heterocycles. The van der Waals surface area contributed by atoms with E-state index in [1.165, 1.54) is 0 Å². The summed E-state index contributed by atoms with van der Waals surface area (Å²) in [7, 11) is 0. The van der Waals surface area contributed by atoms with Gasteiger partial charge in [0.25, 0.3) is 0 Å². The highest BCUT2D eigenvalue weighted by Crippen LogP contribution is 2.26. The van der Waals surface area contributed by atoms with Crippen LogP contribution in [0, 0.1) is 0 Å². The molecule has 2 atom stereocenters. The molecule has 1 rings (SSSR count). The van der Waals surface area contributed by atoms with E-state index in [4.69, 9.17) is 9.47 Å². The van der Waals surface area contributed by atoms with Gasteiger partial charge in [0, 0.05) is 0 Å². The minimum Gasteiger partial charge on any atom is -0.344 e. The van der Waals surface area contributed by atoms with Crippen LogP contribution in [0.1, 0.15) is 27.7 Å². The number of hydrogen-bond donors (Lipinski definition) is 0. The lowest BCUT2D eigenvalue weighted by Gasteiger charge is -2.17. The zero-order chi connectivity index (χ0) is 7.07. The fourth-order valence-electron chi connectivity index (χ4n) is 0.638. The summed E-state index contributed by atoms with van der Waals surface area (Å²) < 4.78 is 10.5. The molecule has 0 radical (unpaired) electrons. The Labute approximate surface area is 56.2 Å². The van der Waals surface area contributed by atoms with Gasteiger partial charge in [0.15, 0.2) is 6.29 Å². The summed E-state index contributed by atoms with van der Waals surface area (Å²) >= 11 is 0. The third-order valence-corrected chi connectivity index (χ3v) is 1.13. The molecule has 0 N–H and O–H groups in total. The average molecular weight is 130 g/mol. The topological polar surface area (TPSA) is 21.8 Å². The first kappa shape index (κ1) is 7.03. The second kappa shape index (κ2) is 1.96. The molecule has 0 aromatic heterocycles. The van der Waals surface area contributed by atoms with Gasteiger partial charge >= 0.3 is 0 Å². The quantitative estimate of drug-likeness (QED) is 0.502. The van der Waals surface area contributed by atoms with Crippen LogP contribution in [0.5, 0.6) is 0 Å². The smallest absolute Gasteiger partial charge is 0.184 e. The number of rotatable bonds is 1.